The highest BCUT2D eigenvalue weighted by molar-refractivity contribution is 7.92. The first-order chi connectivity index (χ1) is 13.0. The van der Waals surface area contributed by atoms with E-state index in [1.165, 1.54) is 18.5 Å². The van der Waals surface area contributed by atoms with Crippen LogP contribution >= 0.6 is 0 Å². The van der Waals surface area contributed by atoms with Gasteiger partial charge in [-0.15, -0.1) is 0 Å². The number of anilines is 2. The number of carbonyl (C=O) groups is 1. The van der Waals surface area contributed by atoms with E-state index in [9.17, 15) is 13.2 Å². The zero-order valence-electron chi connectivity index (χ0n) is 14.7. The fourth-order valence-electron chi connectivity index (χ4n) is 3.46. The van der Waals surface area contributed by atoms with Crippen LogP contribution in [0, 0.1) is 5.92 Å². The molecular weight excluding hydrogens is 368 g/mol. The van der Waals surface area contributed by atoms with Gasteiger partial charge in [0.25, 0.3) is 10.0 Å². The average molecular weight is 388 g/mol. The molecule has 2 aliphatic rings. The Balaban J connectivity index is 1.55. The summed E-state index contributed by atoms with van der Waals surface area (Å²) in [5, 5.41) is 0. The molecule has 1 atom stereocenters. The van der Waals surface area contributed by atoms with Crippen LogP contribution in [-0.2, 0) is 26.0 Å². The molecule has 1 amide bonds. The maximum atomic E-state index is 12.8. The number of benzene rings is 1. The van der Waals surface area contributed by atoms with E-state index >= 15 is 0 Å². The van der Waals surface area contributed by atoms with Gasteiger partial charge in [-0.3, -0.25) is 4.79 Å². The molecule has 1 fully saturated rings. The number of carbonyl (C=O) groups excluding carboxylic acids is 1. The third kappa shape index (κ3) is 3.65. The summed E-state index contributed by atoms with van der Waals surface area (Å²) in [5.41, 5.74) is 1.62. The van der Waals surface area contributed by atoms with Gasteiger partial charge >= 0.3 is 0 Å². The van der Waals surface area contributed by atoms with Gasteiger partial charge in [0, 0.05) is 31.2 Å². The molecule has 9 heteroatoms. The highest BCUT2D eigenvalue weighted by Crippen LogP contribution is 2.32. The Kier molecular flexibility index (Phi) is 4.79. The average Bonchev–Trinajstić information content (AvgIpc) is 3.12. The van der Waals surface area contributed by atoms with Crippen LogP contribution in [0.25, 0.3) is 0 Å². The quantitative estimate of drug-likeness (QED) is 0.854. The summed E-state index contributed by atoms with van der Waals surface area (Å²) >= 11 is 0. The van der Waals surface area contributed by atoms with Gasteiger partial charge < -0.3 is 9.64 Å². The monoisotopic (exact) mass is 388 g/mol. The van der Waals surface area contributed by atoms with Crippen molar-refractivity contribution in [3.05, 3.63) is 42.2 Å². The van der Waals surface area contributed by atoms with E-state index in [2.05, 4.69) is 14.7 Å². The summed E-state index contributed by atoms with van der Waals surface area (Å²) in [7, 11) is -3.79. The molecule has 0 saturated carbocycles. The fraction of sp³-hybridized carbons (Fsp3) is 0.389. The minimum atomic E-state index is -3.79. The van der Waals surface area contributed by atoms with E-state index in [0.29, 0.717) is 26.2 Å². The molecule has 8 nitrogen and oxygen atoms in total. The number of fused-ring (bicyclic) bond motifs is 1. The molecule has 0 spiro atoms. The van der Waals surface area contributed by atoms with Crippen molar-refractivity contribution in [3.8, 4) is 0 Å². The summed E-state index contributed by atoms with van der Waals surface area (Å²) in [6.07, 6.45) is 5.28. The normalized spacial score (nSPS) is 19.6. The van der Waals surface area contributed by atoms with Crippen LogP contribution < -0.4 is 9.62 Å². The van der Waals surface area contributed by atoms with E-state index in [-0.39, 0.29) is 22.7 Å². The number of nitrogens with one attached hydrogen (secondary N) is 1. The van der Waals surface area contributed by atoms with Gasteiger partial charge in [0.15, 0.2) is 0 Å². The molecule has 27 heavy (non-hydrogen) atoms. The standard InChI is InChI=1S/C18H20N4O4S/c23-17(14-3-1-10-26-12-14)22-9-6-13-11-15(4-5-16(13)22)27(24,25)21-18-19-7-2-8-20-18/h2,4-5,7-8,11,14H,1,3,6,9-10,12H2,(H,19,20,21). The lowest BCUT2D eigenvalue weighted by atomic mass is 10.0. The van der Waals surface area contributed by atoms with Crippen molar-refractivity contribution in [1.29, 1.82) is 0 Å². The van der Waals surface area contributed by atoms with Crippen molar-refractivity contribution >= 4 is 27.6 Å². The Bertz CT molecular complexity index is 943. The Hall–Kier alpha value is -2.52. The number of rotatable bonds is 4. The summed E-state index contributed by atoms with van der Waals surface area (Å²) in [6.45, 7) is 1.72. The number of aromatic nitrogens is 2. The second-order valence-electron chi connectivity index (χ2n) is 6.62. The molecular formula is C18H20N4O4S. The van der Waals surface area contributed by atoms with Gasteiger partial charge in [-0.05, 0) is 49.1 Å². The second kappa shape index (κ2) is 7.24. The Morgan fingerprint density at radius 1 is 1.26 bits per heavy atom. The lowest BCUT2D eigenvalue weighted by Gasteiger charge is -2.26. The lowest BCUT2D eigenvalue weighted by molar-refractivity contribution is -0.126. The van der Waals surface area contributed by atoms with Crippen molar-refractivity contribution in [3.63, 3.8) is 0 Å². The third-order valence-electron chi connectivity index (χ3n) is 4.82. The van der Waals surface area contributed by atoms with E-state index < -0.39 is 10.0 Å². The number of sulfonamides is 1. The van der Waals surface area contributed by atoms with Crippen LogP contribution in [-0.4, -0.2) is 44.1 Å². The zero-order valence-corrected chi connectivity index (χ0v) is 15.5. The lowest BCUT2D eigenvalue weighted by Crippen LogP contribution is -2.38. The topological polar surface area (TPSA) is 101 Å². The summed E-state index contributed by atoms with van der Waals surface area (Å²) in [4.78, 5) is 22.4. The molecule has 2 aliphatic heterocycles. The Morgan fingerprint density at radius 2 is 2.07 bits per heavy atom. The van der Waals surface area contributed by atoms with Crippen LogP contribution in [0.2, 0.25) is 0 Å². The highest BCUT2D eigenvalue weighted by Gasteiger charge is 2.32. The van der Waals surface area contributed by atoms with Gasteiger partial charge in [-0.25, -0.2) is 23.1 Å². The first-order valence-electron chi connectivity index (χ1n) is 8.86. The summed E-state index contributed by atoms with van der Waals surface area (Å²) in [6, 6.07) is 6.43. The van der Waals surface area contributed by atoms with Crippen LogP contribution in [0.15, 0.2) is 41.6 Å². The molecule has 1 aromatic heterocycles. The summed E-state index contributed by atoms with van der Waals surface area (Å²) < 4.78 is 32.9. The van der Waals surface area contributed by atoms with E-state index in [0.717, 1.165) is 24.1 Å². The fourth-order valence-corrected chi connectivity index (χ4v) is 4.47. The molecule has 1 unspecified atom stereocenters. The largest absolute Gasteiger partial charge is 0.381 e. The van der Waals surface area contributed by atoms with E-state index in [1.807, 2.05) is 0 Å². The minimum Gasteiger partial charge on any atom is -0.381 e. The maximum absolute atomic E-state index is 12.8. The second-order valence-corrected chi connectivity index (χ2v) is 8.30. The molecule has 2 aromatic rings. The van der Waals surface area contributed by atoms with Crippen LogP contribution in [0.1, 0.15) is 18.4 Å². The predicted octanol–water partition coefficient (Wildman–Crippen LogP) is 1.59. The van der Waals surface area contributed by atoms with Gasteiger partial charge in [-0.2, -0.15) is 0 Å². The maximum Gasteiger partial charge on any atom is 0.264 e. The first-order valence-corrected chi connectivity index (χ1v) is 10.3. The van der Waals surface area contributed by atoms with Crippen molar-refractivity contribution in [2.75, 3.05) is 29.4 Å². The minimum absolute atomic E-state index is 0.0205. The molecule has 0 radical (unpaired) electrons. The number of hydrogen-bond acceptors (Lipinski definition) is 6. The van der Waals surface area contributed by atoms with Crippen LogP contribution in [0.3, 0.4) is 0 Å². The predicted molar refractivity (Wildman–Crippen MR) is 98.9 cm³/mol. The Labute approximate surface area is 157 Å². The smallest absolute Gasteiger partial charge is 0.264 e. The van der Waals surface area contributed by atoms with E-state index in [4.69, 9.17) is 4.74 Å². The molecule has 1 N–H and O–H groups in total. The molecule has 142 valence electrons. The number of hydrogen-bond donors (Lipinski definition) is 1. The van der Waals surface area contributed by atoms with Gasteiger partial charge in [-0.1, -0.05) is 0 Å². The highest BCUT2D eigenvalue weighted by atomic mass is 32.2. The van der Waals surface area contributed by atoms with Gasteiger partial charge in [0.1, 0.15) is 0 Å². The number of nitrogens with zero attached hydrogens (tertiary/aromatic N) is 3. The molecule has 0 bridgehead atoms. The molecule has 1 aromatic carbocycles. The van der Waals surface area contributed by atoms with Crippen molar-refractivity contribution < 1.29 is 17.9 Å². The molecule has 4 rings (SSSR count). The van der Waals surface area contributed by atoms with Crippen LogP contribution in [0.4, 0.5) is 11.6 Å². The third-order valence-corrected chi connectivity index (χ3v) is 6.15. The number of amides is 1. The first kappa shape index (κ1) is 17.9. The van der Waals surface area contributed by atoms with Crippen molar-refractivity contribution in [2.24, 2.45) is 5.92 Å². The molecule has 1 saturated heterocycles. The zero-order chi connectivity index (χ0) is 18.9. The Morgan fingerprint density at radius 3 is 2.81 bits per heavy atom. The molecule has 0 aliphatic carbocycles. The molecule has 3 heterocycles. The van der Waals surface area contributed by atoms with Crippen molar-refractivity contribution in [2.45, 2.75) is 24.2 Å². The summed E-state index contributed by atoms with van der Waals surface area (Å²) in [5.74, 6) is -0.0445. The number of ether oxygens (including phenoxy) is 1. The van der Waals surface area contributed by atoms with Gasteiger partial charge in [0.05, 0.1) is 17.4 Å². The van der Waals surface area contributed by atoms with Crippen molar-refractivity contribution in [1.82, 2.24) is 9.97 Å². The van der Waals surface area contributed by atoms with Gasteiger partial charge in [0.2, 0.25) is 11.9 Å². The SMILES string of the molecule is O=C(C1CCCOC1)N1CCc2cc(S(=O)(=O)Nc3ncccn3)ccc21. The van der Waals surface area contributed by atoms with Crippen LogP contribution in [0.5, 0.6) is 0 Å². The van der Waals surface area contributed by atoms with E-state index in [1.54, 1.807) is 23.1 Å².